The van der Waals surface area contributed by atoms with Gasteiger partial charge in [-0.2, -0.15) is 10.4 Å². The van der Waals surface area contributed by atoms with Gasteiger partial charge in [-0.05, 0) is 30.2 Å². The summed E-state index contributed by atoms with van der Waals surface area (Å²) >= 11 is 0. The third-order valence-electron chi connectivity index (χ3n) is 4.83. The van der Waals surface area contributed by atoms with Gasteiger partial charge in [-0.1, -0.05) is 42.5 Å². The number of carbonyl (C=O) groups is 1. The highest BCUT2D eigenvalue weighted by Crippen LogP contribution is 2.29. The summed E-state index contributed by atoms with van der Waals surface area (Å²) < 4.78 is 0. The van der Waals surface area contributed by atoms with Crippen molar-refractivity contribution in [3.05, 3.63) is 77.4 Å². The van der Waals surface area contributed by atoms with E-state index in [0.717, 1.165) is 23.2 Å². The van der Waals surface area contributed by atoms with Gasteiger partial charge in [-0.3, -0.25) is 4.79 Å². The molecule has 0 fully saturated rings. The Morgan fingerprint density at radius 1 is 1.31 bits per heavy atom. The number of hydrogen-bond donors (Lipinski definition) is 2. The Hall–Kier alpha value is -3.72. The van der Waals surface area contributed by atoms with Gasteiger partial charge >= 0.3 is 0 Å². The van der Waals surface area contributed by atoms with E-state index in [1.807, 2.05) is 30.3 Å². The van der Waals surface area contributed by atoms with Crippen LogP contribution in [0.15, 0.2) is 65.8 Å². The quantitative estimate of drug-likeness (QED) is 0.525. The molecule has 1 unspecified atom stereocenters. The summed E-state index contributed by atoms with van der Waals surface area (Å²) in [6.07, 6.45) is 4.62. The topological polar surface area (TPSA) is 92.3 Å². The third kappa shape index (κ3) is 4.96. The highest BCUT2D eigenvalue weighted by Gasteiger charge is 2.27. The van der Waals surface area contributed by atoms with E-state index in [2.05, 4.69) is 23.1 Å². The average molecular weight is 385 g/mol. The molecule has 29 heavy (non-hydrogen) atoms. The van der Waals surface area contributed by atoms with E-state index in [9.17, 15) is 4.79 Å². The monoisotopic (exact) mass is 385 g/mol. The molecule has 1 atom stereocenters. The van der Waals surface area contributed by atoms with E-state index in [0.29, 0.717) is 30.5 Å². The van der Waals surface area contributed by atoms with Gasteiger partial charge in [0.2, 0.25) is 5.91 Å². The van der Waals surface area contributed by atoms with Gasteiger partial charge in [0.05, 0.1) is 17.7 Å². The summed E-state index contributed by atoms with van der Waals surface area (Å²) in [6, 6.07) is 17.1. The Labute approximate surface area is 170 Å². The van der Waals surface area contributed by atoms with Crippen molar-refractivity contribution in [2.75, 3.05) is 11.9 Å². The van der Waals surface area contributed by atoms with Crippen LogP contribution in [0.3, 0.4) is 0 Å². The van der Waals surface area contributed by atoms with Crippen LogP contribution >= 0.6 is 0 Å². The number of hydrazone groups is 1. The number of amides is 1. The van der Waals surface area contributed by atoms with Crippen LogP contribution in [0.5, 0.6) is 0 Å². The number of nitriles is 1. The number of nitrogens with one attached hydrogen (secondary N) is 2. The van der Waals surface area contributed by atoms with E-state index >= 15 is 0 Å². The smallest absolute Gasteiger partial charge is 0.243 e. The Balaban J connectivity index is 1.52. The Morgan fingerprint density at radius 2 is 2.10 bits per heavy atom. The minimum atomic E-state index is -0.0381. The molecule has 2 N–H and O–H groups in total. The largest absolute Gasteiger partial charge is 0.381 e. The SMILES string of the molecule is C=C(CCC(=O)N1N=CCC1c1ccccc1)CNc1ccc(C#N)cc1C=N. The van der Waals surface area contributed by atoms with Crippen LogP contribution in [0.25, 0.3) is 0 Å². The maximum atomic E-state index is 12.7. The molecule has 2 aromatic rings. The van der Waals surface area contributed by atoms with Crippen molar-refractivity contribution in [1.29, 1.82) is 10.7 Å². The van der Waals surface area contributed by atoms with Crippen LogP contribution in [0.4, 0.5) is 5.69 Å². The van der Waals surface area contributed by atoms with Gasteiger partial charge in [0, 0.05) is 43.1 Å². The summed E-state index contributed by atoms with van der Waals surface area (Å²) in [5.74, 6) is -0.0210. The summed E-state index contributed by atoms with van der Waals surface area (Å²) in [5.41, 5.74) is 3.89. The lowest BCUT2D eigenvalue weighted by Crippen LogP contribution is -2.27. The van der Waals surface area contributed by atoms with Gasteiger partial charge in [-0.25, -0.2) is 5.01 Å². The Bertz CT molecular complexity index is 975. The lowest BCUT2D eigenvalue weighted by Gasteiger charge is -2.22. The number of anilines is 1. The molecule has 3 rings (SSSR count). The van der Waals surface area contributed by atoms with Crippen LogP contribution in [0.1, 0.15) is 42.0 Å². The van der Waals surface area contributed by atoms with Crippen LogP contribution in [-0.2, 0) is 4.79 Å². The zero-order valence-corrected chi connectivity index (χ0v) is 16.1. The summed E-state index contributed by atoms with van der Waals surface area (Å²) in [5, 5.41) is 25.5. The lowest BCUT2D eigenvalue weighted by atomic mass is 10.0. The molecule has 0 saturated heterocycles. The van der Waals surface area contributed by atoms with Gasteiger partial charge in [0.15, 0.2) is 0 Å². The molecule has 1 amide bonds. The molecule has 6 heteroatoms. The number of rotatable bonds is 8. The predicted molar refractivity (Wildman–Crippen MR) is 115 cm³/mol. The molecule has 0 aromatic heterocycles. The molecule has 0 bridgehead atoms. The normalized spacial score (nSPS) is 15.0. The molecule has 0 radical (unpaired) electrons. The fourth-order valence-electron chi connectivity index (χ4n) is 3.23. The highest BCUT2D eigenvalue weighted by atomic mass is 16.2. The number of carbonyl (C=O) groups excluding carboxylic acids is 1. The van der Waals surface area contributed by atoms with Gasteiger partial charge in [0.25, 0.3) is 0 Å². The first-order valence-electron chi connectivity index (χ1n) is 9.47. The van der Waals surface area contributed by atoms with E-state index in [4.69, 9.17) is 10.7 Å². The number of hydrogen-bond acceptors (Lipinski definition) is 5. The highest BCUT2D eigenvalue weighted by molar-refractivity contribution is 5.86. The van der Waals surface area contributed by atoms with E-state index < -0.39 is 0 Å². The van der Waals surface area contributed by atoms with Crippen LogP contribution in [0.2, 0.25) is 0 Å². The maximum absolute atomic E-state index is 12.7. The molecular formula is C23H23N5O. The molecule has 146 valence electrons. The van der Waals surface area contributed by atoms with Crippen LogP contribution in [-0.4, -0.2) is 29.9 Å². The van der Waals surface area contributed by atoms with Gasteiger partial charge in [0.1, 0.15) is 0 Å². The molecule has 2 aromatic carbocycles. The average Bonchev–Trinajstić information content (AvgIpc) is 3.26. The molecule has 1 aliphatic heterocycles. The van der Waals surface area contributed by atoms with Crippen molar-refractivity contribution in [3.8, 4) is 6.07 Å². The van der Waals surface area contributed by atoms with Crippen molar-refractivity contribution < 1.29 is 4.79 Å². The fraction of sp³-hybridized carbons (Fsp3) is 0.217. The number of benzene rings is 2. The maximum Gasteiger partial charge on any atom is 0.243 e. The standard InChI is InChI=1S/C23H23N5O/c1-17(16-26-21-9-8-18(14-24)13-20(21)15-25)7-10-23(29)28-22(11-12-27-28)19-5-3-2-4-6-19/h2-6,8-9,12-13,15,22,25-26H,1,7,10-11,16H2. The summed E-state index contributed by atoms with van der Waals surface area (Å²) in [7, 11) is 0. The fourth-order valence-corrected chi connectivity index (χ4v) is 3.23. The molecule has 0 aliphatic carbocycles. The van der Waals surface area contributed by atoms with E-state index in [1.165, 1.54) is 6.21 Å². The van der Waals surface area contributed by atoms with Crippen molar-refractivity contribution in [2.24, 2.45) is 5.10 Å². The number of nitrogens with zero attached hydrogens (tertiary/aromatic N) is 3. The minimum Gasteiger partial charge on any atom is -0.381 e. The van der Waals surface area contributed by atoms with Gasteiger partial charge in [-0.15, -0.1) is 0 Å². The molecule has 1 heterocycles. The Morgan fingerprint density at radius 3 is 2.83 bits per heavy atom. The second-order valence-corrected chi connectivity index (χ2v) is 6.86. The summed E-state index contributed by atoms with van der Waals surface area (Å²) in [6.45, 7) is 4.55. The molecule has 0 saturated carbocycles. The van der Waals surface area contributed by atoms with Crippen LogP contribution < -0.4 is 5.32 Å². The van der Waals surface area contributed by atoms with Crippen molar-refractivity contribution in [3.63, 3.8) is 0 Å². The second-order valence-electron chi connectivity index (χ2n) is 6.86. The summed E-state index contributed by atoms with van der Waals surface area (Å²) in [4.78, 5) is 12.7. The third-order valence-corrected chi connectivity index (χ3v) is 4.83. The second kappa shape index (κ2) is 9.47. The first-order chi connectivity index (χ1) is 14.1. The minimum absolute atomic E-state index is 0.0210. The Kier molecular flexibility index (Phi) is 6.54. The zero-order chi connectivity index (χ0) is 20.6. The van der Waals surface area contributed by atoms with E-state index in [1.54, 1.807) is 29.4 Å². The van der Waals surface area contributed by atoms with Crippen molar-refractivity contribution in [2.45, 2.75) is 25.3 Å². The lowest BCUT2D eigenvalue weighted by molar-refractivity contribution is -0.132. The molecule has 6 nitrogen and oxygen atoms in total. The first-order valence-corrected chi connectivity index (χ1v) is 9.47. The van der Waals surface area contributed by atoms with E-state index in [-0.39, 0.29) is 11.9 Å². The van der Waals surface area contributed by atoms with Crippen molar-refractivity contribution >= 4 is 24.0 Å². The molecular weight excluding hydrogens is 362 g/mol. The first kappa shape index (κ1) is 20.0. The predicted octanol–water partition coefficient (Wildman–Crippen LogP) is 4.26. The molecule has 0 spiro atoms. The van der Waals surface area contributed by atoms with Crippen LogP contribution in [0, 0.1) is 16.7 Å². The van der Waals surface area contributed by atoms with Crippen molar-refractivity contribution in [1.82, 2.24) is 5.01 Å². The zero-order valence-electron chi connectivity index (χ0n) is 16.1. The molecule has 1 aliphatic rings. The van der Waals surface area contributed by atoms with Gasteiger partial charge < -0.3 is 10.7 Å².